The number of amides is 4. The highest BCUT2D eigenvalue weighted by molar-refractivity contribution is 6.31. The average molecular weight is 927 g/mol. The van der Waals surface area contributed by atoms with Crippen LogP contribution in [0.5, 0.6) is 0 Å². The minimum Gasteiger partial charge on any atom is -0.443 e. The third-order valence-electron chi connectivity index (χ3n) is 7.12. The molecule has 0 aliphatic carbocycles. The van der Waals surface area contributed by atoms with E-state index in [1.165, 1.54) is 15.0 Å². The van der Waals surface area contributed by atoms with Crippen molar-refractivity contribution in [3.05, 3.63) is 117 Å². The highest BCUT2D eigenvalue weighted by atomic mass is 35.5. The third-order valence-corrected chi connectivity index (χ3v) is 8.06. The molecule has 61 heavy (non-hydrogen) atoms. The van der Waals surface area contributed by atoms with E-state index in [1.54, 1.807) is 114 Å². The molecule has 2 aliphatic rings. The molecule has 2 saturated heterocycles. The van der Waals surface area contributed by atoms with Crippen molar-refractivity contribution in [1.82, 2.24) is 15.9 Å². The number of nitrogens with one attached hydrogen (secondary N) is 4. The maximum atomic E-state index is 12.2. The lowest BCUT2D eigenvalue weighted by Gasteiger charge is -2.30. The third kappa shape index (κ3) is 20.4. The molecule has 0 aromatic heterocycles. The number of nitrogens with zero attached hydrogens (tertiary/aromatic N) is 3. The molecule has 4 aromatic rings. The predicted octanol–water partition coefficient (Wildman–Crippen LogP) is 11.5. The Morgan fingerprint density at radius 3 is 1.59 bits per heavy atom. The van der Waals surface area contributed by atoms with Gasteiger partial charge in [0, 0.05) is 45.2 Å². The second-order valence-corrected chi connectivity index (χ2v) is 16.1. The number of nitrogens with two attached hydrogens (primary N) is 1. The number of carbonyl (C=O) groups is 4. The SMILES string of the molecule is C.C.C.CC(C)(C)OC(=O)N1CCC(=O)N1c1cccc(Cl)c1.CC(C)(C)OC(=O)NNc1cccc(Cl)c1.NNc1cccc(Cl)c1.O=C1CCNN1c1cccc(Cl)c1. The Morgan fingerprint density at radius 2 is 1.13 bits per heavy atom. The molecule has 0 radical (unpaired) electrons. The van der Waals surface area contributed by atoms with E-state index in [2.05, 4.69) is 21.7 Å². The van der Waals surface area contributed by atoms with Crippen molar-refractivity contribution in [3.8, 4) is 0 Å². The summed E-state index contributed by atoms with van der Waals surface area (Å²) in [5.41, 5.74) is 12.3. The molecule has 336 valence electrons. The monoisotopic (exact) mass is 924 g/mol. The van der Waals surface area contributed by atoms with Crippen molar-refractivity contribution < 1.29 is 28.7 Å². The lowest BCUT2D eigenvalue weighted by Crippen LogP contribution is -2.45. The van der Waals surface area contributed by atoms with Gasteiger partial charge in [0.05, 0.1) is 23.6 Å². The van der Waals surface area contributed by atoms with Gasteiger partial charge < -0.3 is 14.9 Å². The molecule has 0 spiro atoms. The number of carbonyl (C=O) groups excluding carboxylic acids is 4. The van der Waals surface area contributed by atoms with Crippen molar-refractivity contribution in [1.29, 1.82) is 0 Å². The maximum absolute atomic E-state index is 12.2. The molecule has 18 heteroatoms. The molecule has 0 bridgehead atoms. The van der Waals surface area contributed by atoms with Gasteiger partial charge in [-0.3, -0.25) is 20.9 Å². The Morgan fingerprint density at radius 1 is 0.656 bits per heavy atom. The van der Waals surface area contributed by atoms with Crippen LogP contribution in [0, 0.1) is 0 Å². The van der Waals surface area contributed by atoms with Gasteiger partial charge >= 0.3 is 12.2 Å². The van der Waals surface area contributed by atoms with Crippen LogP contribution >= 0.6 is 46.4 Å². The molecular formula is C43H60Cl4N8O6. The normalized spacial score (nSPS) is 12.9. The fourth-order valence-electron chi connectivity index (χ4n) is 4.82. The molecule has 2 aliphatic heterocycles. The Hall–Kier alpha value is -4.96. The molecule has 0 saturated carbocycles. The van der Waals surface area contributed by atoms with Crippen LogP contribution in [0.15, 0.2) is 97.1 Å². The topological polar surface area (TPSA) is 171 Å². The van der Waals surface area contributed by atoms with Gasteiger partial charge in [0.25, 0.3) is 0 Å². The summed E-state index contributed by atoms with van der Waals surface area (Å²) < 4.78 is 10.4. The largest absolute Gasteiger partial charge is 0.443 e. The highest BCUT2D eigenvalue weighted by Gasteiger charge is 2.36. The molecule has 4 aromatic carbocycles. The average Bonchev–Trinajstić information content (AvgIpc) is 3.75. The van der Waals surface area contributed by atoms with Crippen LogP contribution in [0.1, 0.15) is 76.7 Å². The summed E-state index contributed by atoms with van der Waals surface area (Å²) in [5.74, 6) is 5.04. The van der Waals surface area contributed by atoms with Crippen molar-refractivity contribution in [2.75, 3.05) is 34.0 Å². The Balaban J connectivity index is 0.000000799. The van der Waals surface area contributed by atoms with Crippen molar-refractivity contribution >= 4 is 93.2 Å². The Bertz CT molecular complexity index is 2010. The first kappa shape index (κ1) is 56.0. The number of nitrogen functional groups attached to an aromatic ring is 1. The van der Waals surface area contributed by atoms with Crippen LogP contribution in [0.25, 0.3) is 0 Å². The van der Waals surface area contributed by atoms with Crippen LogP contribution in [0.2, 0.25) is 20.1 Å². The first-order chi connectivity index (χ1) is 27.2. The molecule has 0 atom stereocenters. The summed E-state index contributed by atoms with van der Waals surface area (Å²) in [4.78, 5) is 46.7. The molecule has 6 rings (SSSR count). The van der Waals surface area contributed by atoms with Gasteiger partial charge in [0.15, 0.2) is 0 Å². The lowest BCUT2D eigenvalue weighted by molar-refractivity contribution is -0.118. The first-order valence-corrected chi connectivity index (χ1v) is 19.4. The second-order valence-electron chi connectivity index (χ2n) is 14.3. The summed E-state index contributed by atoms with van der Waals surface area (Å²) in [6, 6.07) is 28.3. The van der Waals surface area contributed by atoms with Gasteiger partial charge in [-0.15, -0.1) is 0 Å². The number of hydrazine groups is 4. The van der Waals surface area contributed by atoms with Crippen molar-refractivity contribution in [2.45, 2.75) is 87.9 Å². The van der Waals surface area contributed by atoms with Crippen LogP contribution in [0.4, 0.5) is 32.3 Å². The minimum absolute atomic E-state index is 0. The molecule has 6 N–H and O–H groups in total. The standard InChI is InChI=1S/C14H17ClN2O3.C11H15ClN2O2.C9H9ClN2O.C6H7ClN2.3CH4/c1-14(2,3)20-13(19)16-8-7-12(18)17(16)11-6-4-5-10(15)9-11;1-11(2,3)16-10(15)14-13-9-6-4-5-8(12)7-9;10-7-2-1-3-8(6-7)12-9(13)4-5-11-12;7-5-2-1-3-6(4-5)9-8;;;/h4-6,9H,7-8H2,1-3H3;4-7,13H,1-3H3,(H,14,15);1-3,6,11H,4-5H2;1-4,9H,8H2;3*1H4. The molecule has 0 unspecified atom stereocenters. The van der Waals surface area contributed by atoms with Gasteiger partial charge in [-0.25, -0.2) is 35.5 Å². The van der Waals surface area contributed by atoms with E-state index >= 15 is 0 Å². The molecule has 2 fully saturated rings. The fraction of sp³-hybridized carbons (Fsp3) is 0.349. The number of benzene rings is 4. The van der Waals surface area contributed by atoms with Crippen LogP contribution in [-0.2, 0) is 19.1 Å². The van der Waals surface area contributed by atoms with Gasteiger partial charge in [-0.1, -0.05) is 92.9 Å². The smallest absolute Gasteiger partial charge is 0.429 e. The summed E-state index contributed by atoms with van der Waals surface area (Å²) in [5, 5.41) is 6.58. The Labute approximate surface area is 380 Å². The predicted molar refractivity (Wildman–Crippen MR) is 252 cm³/mol. The zero-order valence-electron chi connectivity index (χ0n) is 32.9. The summed E-state index contributed by atoms with van der Waals surface area (Å²) in [6.45, 7) is 11.8. The van der Waals surface area contributed by atoms with E-state index in [9.17, 15) is 19.2 Å². The summed E-state index contributed by atoms with van der Waals surface area (Å²) in [7, 11) is 0. The van der Waals surface area contributed by atoms with Crippen molar-refractivity contribution in [2.24, 2.45) is 5.84 Å². The number of anilines is 4. The van der Waals surface area contributed by atoms with Gasteiger partial charge in [0.1, 0.15) is 11.2 Å². The molecular weight excluding hydrogens is 866 g/mol. The minimum atomic E-state index is -0.608. The summed E-state index contributed by atoms with van der Waals surface area (Å²) >= 11 is 23.1. The fourth-order valence-corrected chi connectivity index (χ4v) is 5.57. The van der Waals surface area contributed by atoms with E-state index in [0.29, 0.717) is 51.0 Å². The number of halogens is 4. The van der Waals surface area contributed by atoms with E-state index in [-0.39, 0.29) is 40.5 Å². The first-order valence-electron chi connectivity index (χ1n) is 17.9. The van der Waals surface area contributed by atoms with Crippen LogP contribution < -0.4 is 37.6 Å². The molecule has 14 nitrogen and oxygen atoms in total. The van der Waals surface area contributed by atoms with Crippen LogP contribution in [-0.4, -0.2) is 53.3 Å². The van der Waals surface area contributed by atoms with Crippen LogP contribution in [0.3, 0.4) is 0 Å². The maximum Gasteiger partial charge on any atom is 0.429 e. The number of ether oxygens (including phenoxy) is 2. The molecule has 2 heterocycles. The number of rotatable bonds is 5. The zero-order valence-corrected chi connectivity index (χ0v) is 36.0. The van der Waals surface area contributed by atoms with E-state index in [4.69, 9.17) is 61.7 Å². The summed E-state index contributed by atoms with van der Waals surface area (Å²) in [6.07, 6.45) is -0.256. The zero-order chi connectivity index (χ0) is 43.0. The van der Waals surface area contributed by atoms with Crippen molar-refractivity contribution in [3.63, 3.8) is 0 Å². The number of hydrogen-bond acceptors (Lipinski definition) is 10. The van der Waals surface area contributed by atoms with Gasteiger partial charge in [-0.2, -0.15) is 0 Å². The highest BCUT2D eigenvalue weighted by Crippen LogP contribution is 2.27. The molecule has 4 amide bonds. The van der Waals surface area contributed by atoms with E-state index in [1.807, 2.05) is 24.3 Å². The van der Waals surface area contributed by atoms with Gasteiger partial charge in [0.2, 0.25) is 11.8 Å². The van der Waals surface area contributed by atoms with E-state index < -0.39 is 23.4 Å². The number of hydrogen-bond donors (Lipinski definition) is 5. The van der Waals surface area contributed by atoms with E-state index in [0.717, 1.165) is 11.4 Å². The quantitative estimate of drug-likeness (QED) is 0.0959. The second kappa shape index (κ2) is 26.4. The van der Waals surface area contributed by atoms with Gasteiger partial charge in [-0.05, 0) is 114 Å². The lowest BCUT2D eigenvalue weighted by atomic mass is 10.2. The Kier molecular flexibility index (Phi) is 24.2.